The fraction of sp³-hybridized carbons (Fsp3) is 0.643. The Hall–Kier alpha value is -1.45. The molecule has 1 aromatic rings. The highest BCUT2D eigenvalue weighted by atomic mass is 16.5. The van der Waals surface area contributed by atoms with Crippen molar-refractivity contribution in [1.29, 1.82) is 0 Å². The van der Waals surface area contributed by atoms with Gasteiger partial charge in [0.2, 0.25) is 5.88 Å². The first kappa shape index (κ1) is 13.0. The van der Waals surface area contributed by atoms with Gasteiger partial charge in [0, 0.05) is 12.6 Å². The Morgan fingerprint density at radius 1 is 1.33 bits per heavy atom. The summed E-state index contributed by atoms with van der Waals surface area (Å²) in [4.78, 5) is 4.21. The molecule has 1 saturated carbocycles. The second-order valence-electron chi connectivity index (χ2n) is 5.23. The molecule has 0 atom stereocenters. The molecule has 100 valence electrons. The summed E-state index contributed by atoms with van der Waals surface area (Å²) in [6.45, 7) is 3.19. The molecule has 1 fully saturated rings. The van der Waals surface area contributed by atoms with Gasteiger partial charge in [-0.05, 0) is 30.7 Å². The van der Waals surface area contributed by atoms with E-state index < -0.39 is 0 Å². The van der Waals surface area contributed by atoms with Crippen LogP contribution in [0.15, 0.2) is 12.1 Å². The smallest absolute Gasteiger partial charge is 0.215 e. The Balaban J connectivity index is 1.89. The average Bonchev–Trinajstić information content (AvgIpc) is 2.40. The Kier molecular flexibility index (Phi) is 4.28. The molecule has 0 spiro atoms. The molecule has 1 aliphatic carbocycles. The molecule has 0 unspecified atom stereocenters. The normalized spacial score (nSPS) is 23.7. The quantitative estimate of drug-likeness (QED) is 0.862. The second-order valence-corrected chi connectivity index (χ2v) is 5.23. The summed E-state index contributed by atoms with van der Waals surface area (Å²) in [7, 11) is 1.58. The van der Waals surface area contributed by atoms with Crippen LogP contribution in [0.1, 0.15) is 32.6 Å². The third kappa shape index (κ3) is 3.28. The van der Waals surface area contributed by atoms with Crippen LogP contribution in [0.3, 0.4) is 0 Å². The van der Waals surface area contributed by atoms with Crippen LogP contribution in [-0.2, 0) is 0 Å². The zero-order valence-corrected chi connectivity index (χ0v) is 11.1. The maximum absolute atomic E-state index is 9.72. The van der Waals surface area contributed by atoms with Gasteiger partial charge in [-0.2, -0.15) is 4.98 Å². The van der Waals surface area contributed by atoms with Crippen LogP contribution in [0.4, 0.5) is 5.82 Å². The van der Waals surface area contributed by atoms with Gasteiger partial charge < -0.3 is 15.2 Å². The number of anilines is 1. The van der Waals surface area contributed by atoms with E-state index in [0.29, 0.717) is 17.6 Å². The van der Waals surface area contributed by atoms with Crippen LogP contribution >= 0.6 is 0 Å². The number of nitrogens with one attached hydrogen (secondary N) is 1. The number of hydrogen-bond donors (Lipinski definition) is 2. The molecule has 4 nitrogen and oxygen atoms in total. The molecule has 0 amide bonds. The van der Waals surface area contributed by atoms with Crippen LogP contribution in [0, 0.1) is 11.8 Å². The summed E-state index contributed by atoms with van der Waals surface area (Å²) in [6.07, 6.45) is 5.14. The Bertz CT molecular complexity index is 387. The van der Waals surface area contributed by atoms with E-state index in [-0.39, 0.29) is 5.75 Å². The molecule has 18 heavy (non-hydrogen) atoms. The predicted molar refractivity (Wildman–Crippen MR) is 72.1 cm³/mol. The van der Waals surface area contributed by atoms with E-state index in [1.165, 1.54) is 25.7 Å². The lowest BCUT2D eigenvalue weighted by atomic mass is 9.83. The first-order valence-corrected chi connectivity index (χ1v) is 6.67. The summed E-state index contributed by atoms with van der Waals surface area (Å²) in [5.74, 6) is 2.78. The van der Waals surface area contributed by atoms with Crippen LogP contribution in [0.5, 0.6) is 11.6 Å². The third-order valence-corrected chi connectivity index (χ3v) is 3.75. The SMILES string of the molecule is COc1ccc(O)c(NCC2CCC(C)CC2)n1. The minimum Gasteiger partial charge on any atom is -0.504 e. The predicted octanol–water partition coefficient (Wildman–Crippen LogP) is 3.03. The van der Waals surface area contributed by atoms with Crippen molar-refractivity contribution >= 4 is 5.82 Å². The number of hydrogen-bond acceptors (Lipinski definition) is 4. The van der Waals surface area contributed by atoms with E-state index in [4.69, 9.17) is 4.74 Å². The van der Waals surface area contributed by atoms with Gasteiger partial charge in [-0.25, -0.2) is 0 Å². The highest BCUT2D eigenvalue weighted by Gasteiger charge is 2.18. The molecule has 0 saturated heterocycles. The second kappa shape index (κ2) is 5.94. The number of nitrogens with zero attached hydrogens (tertiary/aromatic N) is 1. The average molecular weight is 250 g/mol. The molecule has 4 heteroatoms. The van der Waals surface area contributed by atoms with Crippen LogP contribution in [-0.4, -0.2) is 23.7 Å². The van der Waals surface area contributed by atoms with Crippen molar-refractivity contribution in [3.63, 3.8) is 0 Å². The summed E-state index contributed by atoms with van der Waals surface area (Å²) < 4.78 is 5.05. The van der Waals surface area contributed by atoms with E-state index in [0.717, 1.165) is 12.5 Å². The van der Waals surface area contributed by atoms with Gasteiger partial charge >= 0.3 is 0 Å². The Morgan fingerprint density at radius 3 is 2.72 bits per heavy atom. The molecule has 0 aliphatic heterocycles. The molecule has 0 radical (unpaired) electrons. The molecule has 1 aromatic heterocycles. The molecule has 2 N–H and O–H groups in total. The largest absolute Gasteiger partial charge is 0.504 e. The van der Waals surface area contributed by atoms with Crippen LogP contribution in [0.25, 0.3) is 0 Å². The van der Waals surface area contributed by atoms with Gasteiger partial charge in [-0.3, -0.25) is 0 Å². The summed E-state index contributed by atoms with van der Waals surface area (Å²) in [5, 5.41) is 13.0. The first-order chi connectivity index (χ1) is 8.69. The van der Waals surface area contributed by atoms with Crippen molar-refractivity contribution < 1.29 is 9.84 Å². The maximum atomic E-state index is 9.72. The first-order valence-electron chi connectivity index (χ1n) is 6.67. The van der Waals surface area contributed by atoms with Gasteiger partial charge in [-0.15, -0.1) is 0 Å². The van der Waals surface area contributed by atoms with Crippen molar-refractivity contribution in [2.24, 2.45) is 11.8 Å². The number of pyridine rings is 1. The third-order valence-electron chi connectivity index (χ3n) is 3.75. The van der Waals surface area contributed by atoms with Gasteiger partial charge in [0.25, 0.3) is 0 Å². The summed E-state index contributed by atoms with van der Waals surface area (Å²) >= 11 is 0. The lowest BCUT2D eigenvalue weighted by Gasteiger charge is -2.26. The fourth-order valence-electron chi connectivity index (χ4n) is 2.45. The molecule has 2 rings (SSSR count). The zero-order chi connectivity index (χ0) is 13.0. The van der Waals surface area contributed by atoms with Gasteiger partial charge in [0.15, 0.2) is 11.6 Å². The monoisotopic (exact) mass is 250 g/mol. The molecule has 1 aliphatic rings. The Labute approximate surface area is 108 Å². The van der Waals surface area contributed by atoms with Crippen molar-refractivity contribution in [2.75, 3.05) is 19.0 Å². The number of aromatic hydroxyl groups is 1. The Morgan fingerprint density at radius 2 is 2.06 bits per heavy atom. The number of ether oxygens (including phenoxy) is 1. The minimum atomic E-state index is 0.181. The van der Waals surface area contributed by atoms with Crippen LogP contribution < -0.4 is 10.1 Å². The van der Waals surface area contributed by atoms with E-state index >= 15 is 0 Å². The fourth-order valence-corrected chi connectivity index (χ4v) is 2.45. The van der Waals surface area contributed by atoms with E-state index in [2.05, 4.69) is 17.2 Å². The number of rotatable bonds is 4. The van der Waals surface area contributed by atoms with E-state index in [1.807, 2.05) is 0 Å². The van der Waals surface area contributed by atoms with Crippen molar-refractivity contribution in [3.8, 4) is 11.6 Å². The van der Waals surface area contributed by atoms with E-state index in [1.54, 1.807) is 19.2 Å². The van der Waals surface area contributed by atoms with Gasteiger partial charge in [0.05, 0.1) is 7.11 Å². The zero-order valence-electron chi connectivity index (χ0n) is 11.1. The topological polar surface area (TPSA) is 54.4 Å². The molecular weight excluding hydrogens is 228 g/mol. The standard InChI is InChI=1S/C14H22N2O2/c1-10-3-5-11(6-4-10)9-15-14-12(17)7-8-13(16-14)18-2/h7-8,10-11,17H,3-6,9H2,1-2H3,(H,15,16). The molecular formula is C14H22N2O2. The summed E-state index contributed by atoms with van der Waals surface area (Å²) in [5.41, 5.74) is 0. The lowest BCUT2D eigenvalue weighted by molar-refractivity contribution is 0.300. The highest BCUT2D eigenvalue weighted by molar-refractivity contribution is 5.50. The van der Waals surface area contributed by atoms with Crippen molar-refractivity contribution in [1.82, 2.24) is 4.98 Å². The highest BCUT2D eigenvalue weighted by Crippen LogP contribution is 2.29. The summed E-state index contributed by atoms with van der Waals surface area (Å²) in [6, 6.07) is 3.26. The van der Waals surface area contributed by atoms with E-state index in [9.17, 15) is 5.11 Å². The van der Waals surface area contributed by atoms with Crippen LogP contribution in [0.2, 0.25) is 0 Å². The number of methoxy groups -OCH3 is 1. The minimum absolute atomic E-state index is 0.181. The van der Waals surface area contributed by atoms with Crippen molar-refractivity contribution in [3.05, 3.63) is 12.1 Å². The van der Waals surface area contributed by atoms with Crippen molar-refractivity contribution in [2.45, 2.75) is 32.6 Å². The number of aromatic nitrogens is 1. The van der Waals surface area contributed by atoms with Gasteiger partial charge in [-0.1, -0.05) is 19.8 Å². The van der Waals surface area contributed by atoms with Gasteiger partial charge in [0.1, 0.15) is 0 Å². The molecule has 0 bridgehead atoms. The molecule has 1 heterocycles. The maximum Gasteiger partial charge on any atom is 0.215 e. The molecule has 0 aromatic carbocycles. The lowest BCUT2D eigenvalue weighted by Crippen LogP contribution is -2.20.